The molecule has 0 aromatic heterocycles. The van der Waals surface area contributed by atoms with Crippen molar-refractivity contribution in [3.05, 3.63) is 0 Å². The molecule has 7 heteroatoms. The predicted molar refractivity (Wildman–Crippen MR) is 69.4 cm³/mol. The molecule has 0 aromatic rings. The molecule has 0 heterocycles. The molecule has 0 bridgehead atoms. The zero-order chi connectivity index (χ0) is 10.1. The number of thioether (sulfide) groups is 1. The molecule has 0 aromatic carbocycles. The van der Waals surface area contributed by atoms with E-state index in [0.29, 0.717) is 18.9 Å². The molecule has 5 nitrogen and oxygen atoms in total. The van der Waals surface area contributed by atoms with E-state index in [-0.39, 0.29) is 29.1 Å². The molecule has 0 aliphatic rings. The summed E-state index contributed by atoms with van der Waals surface area (Å²) in [6.45, 7) is 2.83. The first-order valence-electron chi connectivity index (χ1n) is 4.04. The van der Waals surface area contributed by atoms with Gasteiger partial charge in [-0.2, -0.15) is 0 Å². The third kappa shape index (κ3) is 11.8. The third-order valence-corrected chi connectivity index (χ3v) is 1.79. The fourth-order valence-corrected chi connectivity index (χ4v) is 0.984. The number of amides is 1. The van der Waals surface area contributed by atoms with E-state index in [2.05, 4.69) is 5.32 Å². The Kier molecular flexibility index (Phi) is 12.7. The number of nitrogens with one attached hydrogen (secondary N) is 2. The highest BCUT2D eigenvalue weighted by Gasteiger charge is 1.99. The standard InChI is InChI=1S/C7H15N3O2S.HI/c1-2-4-12-7(11)10-3-5-13-6(8)9;/h2-5H2,1H3,(H3,8,9)(H,10,11);1H. The van der Waals surface area contributed by atoms with Crippen molar-refractivity contribution in [3.8, 4) is 0 Å². The molecule has 0 unspecified atom stereocenters. The summed E-state index contributed by atoms with van der Waals surface area (Å²) in [4.78, 5) is 10.8. The van der Waals surface area contributed by atoms with Crippen molar-refractivity contribution in [2.24, 2.45) is 5.73 Å². The third-order valence-electron chi connectivity index (χ3n) is 1.07. The molecule has 0 fully saturated rings. The van der Waals surface area contributed by atoms with Crippen LogP contribution >= 0.6 is 35.7 Å². The second-order valence-electron chi connectivity index (χ2n) is 2.28. The van der Waals surface area contributed by atoms with E-state index in [1.54, 1.807) is 0 Å². The molecule has 1 amide bonds. The van der Waals surface area contributed by atoms with Crippen molar-refractivity contribution in [2.45, 2.75) is 13.3 Å². The minimum atomic E-state index is -0.411. The molecule has 0 atom stereocenters. The summed E-state index contributed by atoms with van der Waals surface area (Å²) in [5.41, 5.74) is 5.09. The van der Waals surface area contributed by atoms with Gasteiger partial charge in [-0.1, -0.05) is 18.7 Å². The van der Waals surface area contributed by atoms with Crippen LogP contribution in [-0.4, -0.2) is 30.2 Å². The molecule has 0 aliphatic heterocycles. The topological polar surface area (TPSA) is 88.2 Å². The van der Waals surface area contributed by atoms with Crippen LogP contribution in [0.5, 0.6) is 0 Å². The number of ether oxygens (including phenoxy) is 1. The van der Waals surface area contributed by atoms with Crippen LogP contribution in [0.15, 0.2) is 0 Å². The SMILES string of the molecule is CCCOC(=O)NCCSC(=N)N.I. The van der Waals surface area contributed by atoms with Gasteiger partial charge in [0.25, 0.3) is 0 Å². The van der Waals surface area contributed by atoms with E-state index in [4.69, 9.17) is 15.9 Å². The lowest BCUT2D eigenvalue weighted by Crippen LogP contribution is -2.27. The quantitative estimate of drug-likeness (QED) is 0.307. The second-order valence-corrected chi connectivity index (χ2v) is 3.41. The Morgan fingerprint density at radius 1 is 1.64 bits per heavy atom. The fraction of sp³-hybridized carbons (Fsp3) is 0.714. The molecule has 0 rings (SSSR count). The highest BCUT2D eigenvalue weighted by molar-refractivity contribution is 14.0. The van der Waals surface area contributed by atoms with Crippen LogP contribution in [0.4, 0.5) is 4.79 Å². The maximum Gasteiger partial charge on any atom is 0.407 e. The van der Waals surface area contributed by atoms with Crippen molar-refractivity contribution >= 4 is 47.0 Å². The van der Waals surface area contributed by atoms with Crippen LogP contribution < -0.4 is 11.1 Å². The normalized spacial score (nSPS) is 8.64. The molecule has 0 radical (unpaired) electrons. The fourth-order valence-electron chi connectivity index (χ4n) is 0.560. The summed E-state index contributed by atoms with van der Waals surface area (Å²) in [7, 11) is 0. The lowest BCUT2D eigenvalue weighted by atomic mass is 10.5. The summed E-state index contributed by atoms with van der Waals surface area (Å²) in [6.07, 6.45) is 0.404. The Morgan fingerprint density at radius 2 is 2.29 bits per heavy atom. The van der Waals surface area contributed by atoms with Gasteiger partial charge in [-0.25, -0.2) is 4.79 Å². The van der Waals surface area contributed by atoms with Crippen LogP contribution in [0.2, 0.25) is 0 Å². The molecule has 14 heavy (non-hydrogen) atoms. The second kappa shape index (κ2) is 10.9. The summed E-state index contributed by atoms with van der Waals surface area (Å²) >= 11 is 1.19. The Morgan fingerprint density at radius 3 is 2.79 bits per heavy atom. The summed E-state index contributed by atoms with van der Waals surface area (Å²) in [5.74, 6) is 0.594. The van der Waals surface area contributed by atoms with E-state index >= 15 is 0 Å². The van der Waals surface area contributed by atoms with Crippen LogP contribution in [0.25, 0.3) is 0 Å². The molecule has 0 aliphatic carbocycles. The lowest BCUT2D eigenvalue weighted by molar-refractivity contribution is 0.147. The molecule has 84 valence electrons. The zero-order valence-electron chi connectivity index (χ0n) is 8.04. The van der Waals surface area contributed by atoms with Crippen LogP contribution in [0, 0.1) is 5.41 Å². The van der Waals surface area contributed by atoms with Gasteiger partial charge in [0, 0.05) is 12.3 Å². The van der Waals surface area contributed by atoms with Gasteiger partial charge in [0.15, 0.2) is 5.17 Å². The number of rotatable bonds is 5. The molecular weight excluding hydrogens is 317 g/mol. The first-order valence-corrected chi connectivity index (χ1v) is 5.02. The average Bonchev–Trinajstić information content (AvgIpc) is 2.08. The Bertz CT molecular complexity index is 180. The summed E-state index contributed by atoms with van der Waals surface area (Å²) < 4.78 is 4.75. The zero-order valence-corrected chi connectivity index (χ0v) is 11.2. The first kappa shape index (κ1) is 16.3. The minimum absolute atomic E-state index is 0. The number of alkyl carbamates (subject to hydrolysis) is 1. The lowest BCUT2D eigenvalue weighted by Gasteiger charge is -2.04. The molecular formula is C7H16IN3O2S. The van der Waals surface area contributed by atoms with Crippen LogP contribution in [0.1, 0.15) is 13.3 Å². The smallest absolute Gasteiger partial charge is 0.407 e. The van der Waals surface area contributed by atoms with Crippen molar-refractivity contribution in [1.82, 2.24) is 5.32 Å². The van der Waals surface area contributed by atoms with Crippen LogP contribution in [0.3, 0.4) is 0 Å². The van der Waals surface area contributed by atoms with Gasteiger partial charge >= 0.3 is 6.09 Å². The number of nitrogens with two attached hydrogens (primary N) is 1. The van der Waals surface area contributed by atoms with Gasteiger partial charge in [-0.05, 0) is 6.42 Å². The Balaban J connectivity index is 0. The highest BCUT2D eigenvalue weighted by Crippen LogP contribution is 1.94. The largest absolute Gasteiger partial charge is 0.450 e. The molecule has 0 spiro atoms. The molecule has 0 saturated heterocycles. The van der Waals surface area contributed by atoms with E-state index in [9.17, 15) is 4.79 Å². The number of halogens is 1. The Labute approximate surface area is 105 Å². The maximum absolute atomic E-state index is 10.8. The molecule has 0 saturated carbocycles. The van der Waals surface area contributed by atoms with Gasteiger partial charge in [0.1, 0.15) is 0 Å². The van der Waals surface area contributed by atoms with Gasteiger partial charge in [-0.3, -0.25) is 5.41 Å². The van der Waals surface area contributed by atoms with Crippen molar-refractivity contribution < 1.29 is 9.53 Å². The maximum atomic E-state index is 10.8. The van der Waals surface area contributed by atoms with E-state index < -0.39 is 6.09 Å². The molecule has 4 N–H and O–H groups in total. The number of hydrogen-bond acceptors (Lipinski definition) is 4. The Hall–Kier alpha value is -0.180. The van der Waals surface area contributed by atoms with E-state index in [0.717, 1.165) is 6.42 Å². The average molecular weight is 333 g/mol. The predicted octanol–water partition coefficient (Wildman–Crippen LogP) is 1.37. The van der Waals surface area contributed by atoms with Gasteiger partial charge in [0.05, 0.1) is 6.61 Å². The number of amidine groups is 1. The van der Waals surface area contributed by atoms with Gasteiger partial charge < -0.3 is 15.8 Å². The number of hydrogen-bond donors (Lipinski definition) is 3. The monoisotopic (exact) mass is 333 g/mol. The minimum Gasteiger partial charge on any atom is -0.450 e. The van der Waals surface area contributed by atoms with Crippen molar-refractivity contribution in [1.29, 1.82) is 5.41 Å². The highest BCUT2D eigenvalue weighted by atomic mass is 127. The van der Waals surface area contributed by atoms with Crippen LogP contribution in [-0.2, 0) is 4.74 Å². The van der Waals surface area contributed by atoms with Crippen molar-refractivity contribution in [3.63, 3.8) is 0 Å². The first-order chi connectivity index (χ1) is 6.16. The van der Waals surface area contributed by atoms with Crippen molar-refractivity contribution in [2.75, 3.05) is 18.9 Å². The summed E-state index contributed by atoms with van der Waals surface area (Å²) in [5, 5.41) is 9.49. The van der Waals surface area contributed by atoms with Gasteiger partial charge in [0.2, 0.25) is 0 Å². The van der Waals surface area contributed by atoms with Gasteiger partial charge in [-0.15, -0.1) is 24.0 Å². The number of carbonyl (C=O) groups is 1. The van der Waals surface area contributed by atoms with E-state index in [1.807, 2.05) is 6.92 Å². The van der Waals surface area contributed by atoms with E-state index in [1.165, 1.54) is 11.8 Å². The number of carbonyl (C=O) groups excluding carboxylic acids is 1. The summed E-state index contributed by atoms with van der Waals surface area (Å²) in [6, 6.07) is 0.